The first-order valence-electron chi connectivity index (χ1n) is 7.49. The quantitative estimate of drug-likeness (QED) is 0.667. The van der Waals surface area contributed by atoms with Crippen LogP contribution >= 0.6 is 0 Å². The van der Waals surface area contributed by atoms with Gasteiger partial charge in [0.05, 0.1) is 12.7 Å². The number of benzene rings is 1. The van der Waals surface area contributed by atoms with E-state index in [1.165, 1.54) is 13.2 Å². The van der Waals surface area contributed by atoms with E-state index in [0.29, 0.717) is 18.8 Å². The van der Waals surface area contributed by atoms with Crippen molar-refractivity contribution < 1.29 is 18.8 Å². The van der Waals surface area contributed by atoms with Crippen LogP contribution in [-0.2, 0) is 16.0 Å². The van der Waals surface area contributed by atoms with Crippen molar-refractivity contribution in [2.24, 2.45) is 0 Å². The number of hydrogen-bond acceptors (Lipinski definition) is 4. The van der Waals surface area contributed by atoms with Crippen molar-refractivity contribution in [2.75, 3.05) is 18.4 Å². The van der Waals surface area contributed by atoms with Crippen LogP contribution in [0.2, 0.25) is 0 Å². The number of carbonyl (C=O) groups excluding carboxylic acids is 3. The topological polar surface area (TPSA) is 100 Å². The lowest BCUT2D eigenvalue weighted by molar-refractivity contribution is -0.120. The molecule has 0 bridgehead atoms. The van der Waals surface area contributed by atoms with E-state index in [-0.39, 0.29) is 29.9 Å². The molecule has 0 fully saturated rings. The summed E-state index contributed by atoms with van der Waals surface area (Å²) in [6.45, 7) is 2.08. The van der Waals surface area contributed by atoms with Crippen LogP contribution in [0.3, 0.4) is 0 Å². The molecule has 1 aromatic heterocycles. The monoisotopic (exact) mass is 329 g/mol. The summed E-state index contributed by atoms with van der Waals surface area (Å²) in [5.41, 5.74) is 1.52. The molecule has 0 aliphatic heterocycles. The maximum Gasteiger partial charge on any atom is 0.287 e. The number of rotatable bonds is 7. The summed E-state index contributed by atoms with van der Waals surface area (Å²) in [4.78, 5) is 34.4. The molecular formula is C17H19N3O4. The molecule has 0 saturated heterocycles. The van der Waals surface area contributed by atoms with E-state index in [1.54, 1.807) is 36.4 Å². The largest absolute Gasteiger partial charge is 0.459 e. The fourth-order valence-electron chi connectivity index (χ4n) is 2.03. The molecule has 2 aromatic rings. The van der Waals surface area contributed by atoms with Crippen LogP contribution in [0.4, 0.5) is 5.69 Å². The average molecular weight is 329 g/mol. The first kappa shape index (κ1) is 17.3. The maximum absolute atomic E-state index is 11.8. The smallest absolute Gasteiger partial charge is 0.287 e. The van der Waals surface area contributed by atoms with Crippen LogP contribution in [-0.4, -0.2) is 30.8 Å². The molecular weight excluding hydrogens is 310 g/mol. The first-order chi connectivity index (χ1) is 11.5. The van der Waals surface area contributed by atoms with E-state index >= 15 is 0 Å². The van der Waals surface area contributed by atoms with Crippen LogP contribution in [0, 0.1) is 0 Å². The molecule has 3 amide bonds. The molecule has 24 heavy (non-hydrogen) atoms. The molecule has 0 atom stereocenters. The molecule has 0 aliphatic rings. The predicted molar refractivity (Wildman–Crippen MR) is 88.5 cm³/mol. The van der Waals surface area contributed by atoms with Gasteiger partial charge < -0.3 is 20.4 Å². The van der Waals surface area contributed by atoms with Gasteiger partial charge in [-0.15, -0.1) is 0 Å². The summed E-state index contributed by atoms with van der Waals surface area (Å²) >= 11 is 0. The van der Waals surface area contributed by atoms with Crippen molar-refractivity contribution in [1.29, 1.82) is 0 Å². The van der Waals surface area contributed by atoms with Crippen molar-refractivity contribution in [1.82, 2.24) is 10.6 Å². The predicted octanol–water partition coefficient (Wildman–Crippen LogP) is 1.33. The van der Waals surface area contributed by atoms with Gasteiger partial charge in [0.15, 0.2) is 5.76 Å². The van der Waals surface area contributed by atoms with E-state index in [9.17, 15) is 14.4 Å². The summed E-state index contributed by atoms with van der Waals surface area (Å²) in [5, 5.41) is 8.03. The average Bonchev–Trinajstić information content (AvgIpc) is 3.07. The van der Waals surface area contributed by atoms with Gasteiger partial charge in [0.2, 0.25) is 11.8 Å². The Morgan fingerprint density at radius 2 is 1.71 bits per heavy atom. The Balaban J connectivity index is 1.67. The van der Waals surface area contributed by atoms with Gasteiger partial charge in [-0.2, -0.15) is 0 Å². The zero-order valence-corrected chi connectivity index (χ0v) is 13.3. The minimum atomic E-state index is -0.317. The Hall–Kier alpha value is -3.09. The highest BCUT2D eigenvalue weighted by Gasteiger charge is 2.07. The molecule has 7 nitrogen and oxygen atoms in total. The van der Waals surface area contributed by atoms with Crippen LogP contribution in [0.25, 0.3) is 0 Å². The molecule has 0 aliphatic carbocycles. The molecule has 1 aromatic carbocycles. The fourth-order valence-corrected chi connectivity index (χ4v) is 2.03. The Kier molecular flexibility index (Phi) is 6.13. The molecule has 0 unspecified atom stereocenters. The molecule has 0 radical (unpaired) electrons. The number of hydrogen-bond donors (Lipinski definition) is 3. The third-order valence-electron chi connectivity index (χ3n) is 3.12. The number of furan rings is 1. The van der Waals surface area contributed by atoms with Gasteiger partial charge in [-0.3, -0.25) is 14.4 Å². The summed E-state index contributed by atoms with van der Waals surface area (Å²) in [6, 6.07) is 10.3. The normalized spacial score (nSPS) is 10.0. The van der Waals surface area contributed by atoms with E-state index < -0.39 is 0 Å². The third kappa shape index (κ3) is 5.60. The van der Waals surface area contributed by atoms with E-state index in [4.69, 9.17) is 4.42 Å². The number of nitrogens with one attached hydrogen (secondary N) is 3. The molecule has 7 heteroatoms. The van der Waals surface area contributed by atoms with Crippen molar-refractivity contribution in [3.8, 4) is 0 Å². The van der Waals surface area contributed by atoms with Crippen LogP contribution in [0.15, 0.2) is 47.1 Å². The molecule has 0 saturated carbocycles. The number of amides is 3. The number of carbonyl (C=O) groups is 3. The highest BCUT2D eigenvalue weighted by Crippen LogP contribution is 2.09. The second-order valence-electron chi connectivity index (χ2n) is 5.14. The van der Waals surface area contributed by atoms with Gasteiger partial charge in [0.25, 0.3) is 5.91 Å². The van der Waals surface area contributed by atoms with Crippen molar-refractivity contribution in [3.63, 3.8) is 0 Å². The van der Waals surface area contributed by atoms with E-state index in [1.807, 2.05) is 0 Å². The highest BCUT2D eigenvalue weighted by molar-refractivity contribution is 5.91. The van der Waals surface area contributed by atoms with Crippen LogP contribution < -0.4 is 16.0 Å². The van der Waals surface area contributed by atoms with Gasteiger partial charge in [-0.1, -0.05) is 12.1 Å². The summed E-state index contributed by atoms with van der Waals surface area (Å²) in [5.74, 6) is -0.366. The Morgan fingerprint density at radius 1 is 1.00 bits per heavy atom. The van der Waals surface area contributed by atoms with Crippen LogP contribution in [0.5, 0.6) is 0 Å². The van der Waals surface area contributed by atoms with E-state index in [2.05, 4.69) is 16.0 Å². The minimum Gasteiger partial charge on any atom is -0.459 e. The highest BCUT2D eigenvalue weighted by atomic mass is 16.3. The Morgan fingerprint density at radius 3 is 2.33 bits per heavy atom. The van der Waals surface area contributed by atoms with Crippen molar-refractivity contribution in [2.45, 2.75) is 13.3 Å². The standard InChI is InChI=1S/C17H19N3O4/c1-12(21)20-14-6-4-13(5-7-14)11-16(22)18-8-9-19-17(23)15-3-2-10-24-15/h2-7,10H,8-9,11H2,1H3,(H,18,22)(H,19,23)(H,20,21). The molecule has 1 heterocycles. The Bertz CT molecular complexity index is 693. The maximum atomic E-state index is 11.8. The minimum absolute atomic E-state index is 0.142. The van der Waals surface area contributed by atoms with Crippen molar-refractivity contribution >= 4 is 23.4 Å². The van der Waals surface area contributed by atoms with Gasteiger partial charge in [-0.05, 0) is 29.8 Å². The van der Waals surface area contributed by atoms with E-state index in [0.717, 1.165) is 5.56 Å². The van der Waals surface area contributed by atoms with Gasteiger partial charge in [0.1, 0.15) is 0 Å². The van der Waals surface area contributed by atoms with Gasteiger partial charge in [-0.25, -0.2) is 0 Å². The van der Waals surface area contributed by atoms with Crippen LogP contribution in [0.1, 0.15) is 23.0 Å². The Labute approximate surface area is 139 Å². The second kappa shape index (κ2) is 8.52. The zero-order chi connectivity index (χ0) is 17.4. The summed E-state index contributed by atoms with van der Waals surface area (Å²) < 4.78 is 4.96. The molecule has 2 rings (SSSR count). The first-order valence-corrected chi connectivity index (χ1v) is 7.49. The lowest BCUT2D eigenvalue weighted by Gasteiger charge is -2.07. The second-order valence-corrected chi connectivity index (χ2v) is 5.14. The van der Waals surface area contributed by atoms with Crippen molar-refractivity contribution in [3.05, 3.63) is 54.0 Å². The van der Waals surface area contributed by atoms with Gasteiger partial charge >= 0.3 is 0 Å². The molecule has 126 valence electrons. The molecule has 3 N–H and O–H groups in total. The summed E-state index contributed by atoms with van der Waals surface area (Å²) in [6.07, 6.45) is 1.65. The fraction of sp³-hybridized carbons (Fsp3) is 0.235. The lowest BCUT2D eigenvalue weighted by atomic mass is 10.1. The molecule has 0 spiro atoms. The summed E-state index contributed by atoms with van der Waals surface area (Å²) in [7, 11) is 0. The third-order valence-corrected chi connectivity index (χ3v) is 3.12. The SMILES string of the molecule is CC(=O)Nc1ccc(CC(=O)NCCNC(=O)c2ccco2)cc1. The van der Waals surface area contributed by atoms with Gasteiger partial charge in [0, 0.05) is 25.7 Å². The zero-order valence-electron chi connectivity index (χ0n) is 13.3. The lowest BCUT2D eigenvalue weighted by Crippen LogP contribution is -2.35. The number of anilines is 1.